The van der Waals surface area contributed by atoms with E-state index in [4.69, 9.17) is 10.2 Å². The molecule has 4 aromatic rings. The van der Waals surface area contributed by atoms with E-state index >= 15 is 0 Å². The second-order valence-electron chi connectivity index (χ2n) is 6.79. The van der Waals surface area contributed by atoms with Crippen molar-refractivity contribution < 1.29 is 9.21 Å². The molecule has 4 aromatic heterocycles. The number of thioether (sulfide) groups is 1. The third-order valence-electron chi connectivity index (χ3n) is 4.57. The second-order valence-corrected chi connectivity index (χ2v) is 7.73. The summed E-state index contributed by atoms with van der Waals surface area (Å²) in [6.07, 6.45) is 3.88. The zero-order valence-electron chi connectivity index (χ0n) is 16.3. The number of rotatable bonds is 8. The zero-order chi connectivity index (χ0) is 21.1. The molecule has 154 valence electrons. The van der Waals surface area contributed by atoms with Gasteiger partial charge < -0.3 is 10.2 Å². The lowest BCUT2D eigenvalue weighted by Crippen LogP contribution is -2.16. The minimum Gasteiger partial charge on any atom is -0.467 e. The van der Waals surface area contributed by atoms with Gasteiger partial charge in [-0.05, 0) is 30.7 Å². The number of fused-ring (bicyclic) bond motifs is 1. The van der Waals surface area contributed by atoms with Gasteiger partial charge in [-0.3, -0.25) is 18.6 Å². The van der Waals surface area contributed by atoms with Crippen LogP contribution in [0.25, 0.3) is 5.65 Å². The van der Waals surface area contributed by atoms with Crippen molar-refractivity contribution in [1.82, 2.24) is 24.1 Å². The van der Waals surface area contributed by atoms with Crippen molar-refractivity contribution in [2.75, 3.05) is 0 Å². The molecule has 9 nitrogen and oxygen atoms in total. The third kappa shape index (κ3) is 4.28. The number of aryl methyl sites for hydroxylation is 2. The van der Waals surface area contributed by atoms with Gasteiger partial charge in [0, 0.05) is 30.9 Å². The first-order valence-electron chi connectivity index (χ1n) is 9.35. The summed E-state index contributed by atoms with van der Waals surface area (Å²) in [5.41, 5.74) is 7.38. The standard InChI is InChI=1S/C20H20N6O3S/c1-13-4-2-8-25-18(28)10-14(22-19(13)25)12-30-20-24-23-17(7-6-16(21)27)26(20)11-15-5-3-9-29-15/h2-5,8-10H,6-7,11-12H2,1H3,(H2,21,27). The molecular weight excluding hydrogens is 404 g/mol. The van der Waals surface area contributed by atoms with E-state index in [2.05, 4.69) is 15.2 Å². The Morgan fingerprint density at radius 2 is 2.13 bits per heavy atom. The van der Waals surface area contributed by atoms with Gasteiger partial charge in [-0.15, -0.1) is 10.2 Å². The number of carbonyl (C=O) groups excluding carboxylic acids is 1. The highest BCUT2D eigenvalue weighted by molar-refractivity contribution is 7.98. The summed E-state index contributed by atoms with van der Waals surface area (Å²) in [7, 11) is 0. The number of hydrogen-bond donors (Lipinski definition) is 1. The van der Waals surface area contributed by atoms with Crippen LogP contribution in [-0.2, 0) is 23.5 Å². The number of amides is 1. The Hall–Kier alpha value is -3.40. The van der Waals surface area contributed by atoms with E-state index in [1.807, 2.05) is 35.8 Å². The first-order chi connectivity index (χ1) is 14.5. The Balaban J connectivity index is 1.59. The molecule has 0 radical (unpaired) electrons. The maximum atomic E-state index is 12.4. The number of furan rings is 1. The molecule has 0 aliphatic rings. The van der Waals surface area contributed by atoms with Crippen LogP contribution >= 0.6 is 11.8 Å². The Bertz CT molecular complexity index is 1250. The van der Waals surface area contributed by atoms with Crippen molar-refractivity contribution in [2.45, 2.75) is 37.2 Å². The van der Waals surface area contributed by atoms with E-state index in [0.717, 1.165) is 11.3 Å². The van der Waals surface area contributed by atoms with Gasteiger partial charge in [0.05, 0.1) is 18.5 Å². The molecule has 0 fully saturated rings. The number of hydrogen-bond acceptors (Lipinski definition) is 7. The second kappa shape index (κ2) is 8.54. The average Bonchev–Trinajstić information content (AvgIpc) is 3.36. The van der Waals surface area contributed by atoms with Crippen LogP contribution < -0.4 is 11.3 Å². The van der Waals surface area contributed by atoms with Crippen LogP contribution in [0.1, 0.15) is 29.3 Å². The van der Waals surface area contributed by atoms with Gasteiger partial charge in [-0.2, -0.15) is 0 Å². The molecule has 0 unspecified atom stereocenters. The molecule has 1 amide bonds. The normalized spacial score (nSPS) is 11.2. The lowest BCUT2D eigenvalue weighted by molar-refractivity contribution is -0.118. The number of primary amides is 1. The Morgan fingerprint density at radius 1 is 1.27 bits per heavy atom. The highest BCUT2D eigenvalue weighted by Crippen LogP contribution is 2.23. The van der Waals surface area contributed by atoms with Crippen LogP contribution in [0.15, 0.2) is 57.2 Å². The Kier molecular flexibility index (Phi) is 5.66. The quantitative estimate of drug-likeness (QED) is 0.429. The topological polar surface area (TPSA) is 121 Å². The van der Waals surface area contributed by atoms with E-state index < -0.39 is 5.91 Å². The number of aromatic nitrogens is 5. The van der Waals surface area contributed by atoms with Crippen molar-refractivity contribution in [3.05, 3.63) is 76.0 Å². The summed E-state index contributed by atoms with van der Waals surface area (Å²) in [5, 5.41) is 9.13. The summed E-state index contributed by atoms with van der Waals surface area (Å²) in [6.45, 7) is 2.35. The van der Waals surface area contributed by atoms with Gasteiger partial charge in [-0.25, -0.2) is 4.98 Å². The molecule has 0 aliphatic carbocycles. The molecule has 0 spiro atoms. The van der Waals surface area contributed by atoms with Crippen LogP contribution in [0.4, 0.5) is 0 Å². The number of pyridine rings is 1. The van der Waals surface area contributed by atoms with Crippen LogP contribution in [0.3, 0.4) is 0 Å². The minimum absolute atomic E-state index is 0.126. The molecule has 10 heteroatoms. The maximum Gasteiger partial charge on any atom is 0.258 e. The van der Waals surface area contributed by atoms with Crippen LogP contribution in [0, 0.1) is 6.92 Å². The molecular formula is C20H20N6O3S. The monoisotopic (exact) mass is 424 g/mol. The van der Waals surface area contributed by atoms with Crippen molar-refractivity contribution in [1.29, 1.82) is 0 Å². The maximum absolute atomic E-state index is 12.4. The number of nitrogens with two attached hydrogens (primary N) is 1. The van der Waals surface area contributed by atoms with E-state index in [-0.39, 0.29) is 12.0 Å². The Morgan fingerprint density at radius 3 is 2.90 bits per heavy atom. The summed E-state index contributed by atoms with van der Waals surface area (Å²) in [6, 6.07) is 8.94. The first kappa shape index (κ1) is 19.9. The molecule has 0 saturated heterocycles. The fraction of sp³-hybridized carbons (Fsp3) is 0.250. The average molecular weight is 424 g/mol. The van der Waals surface area contributed by atoms with Crippen LogP contribution in [-0.4, -0.2) is 30.1 Å². The first-order valence-corrected chi connectivity index (χ1v) is 10.3. The zero-order valence-corrected chi connectivity index (χ0v) is 17.1. The van der Waals surface area contributed by atoms with E-state index in [1.54, 1.807) is 12.5 Å². The molecule has 2 N–H and O–H groups in total. The largest absolute Gasteiger partial charge is 0.467 e. The lowest BCUT2D eigenvalue weighted by atomic mass is 10.3. The number of carbonyl (C=O) groups is 1. The third-order valence-corrected chi connectivity index (χ3v) is 5.57. The molecule has 4 heterocycles. The van der Waals surface area contributed by atoms with E-state index in [1.165, 1.54) is 22.2 Å². The fourth-order valence-corrected chi connectivity index (χ4v) is 3.93. The molecule has 0 aromatic carbocycles. The predicted molar refractivity (Wildman–Crippen MR) is 111 cm³/mol. The molecule has 30 heavy (non-hydrogen) atoms. The molecule has 4 rings (SSSR count). The van der Waals surface area contributed by atoms with Crippen molar-refractivity contribution in [3.63, 3.8) is 0 Å². The van der Waals surface area contributed by atoms with Gasteiger partial charge in [-0.1, -0.05) is 17.8 Å². The minimum atomic E-state index is -0.395. The van der Waals surface area contributed by atoms with Crippen molar-refractivity contribution >= 4 is 23.3 Å². The van der Waals surface area contributed by atoms with Crippen LogP contribution in [0.5, 0.6) is 0 Å². The summed E-state index contributed by atoms with van der Waals surface area (Å²) in [5.74, 6) is 1.45. The molecule has 0 bridgehead atoms. The van der Waals surface area contributed by atoms with Gasteiger partial charge in [0.25, 0.3) is 5.56 Å². The van der Waals surface area contributed by atoms with Crippen LogP contribution in [0.2, 0.25) is 0 Å². The molecule has 0 saturated carbocycles. The van der Waals surface area contributed by atoms with Crippen molar-refractivity contribution in [3.8, 4) is 0 Å². The predicted octanol–water partition coefficient (Wildman–Crippen LogP) is 1.95. The van der Waals surface area contributed by atoms with Gasteiger partial charge in [0.2, 0.25) is 5.91 Å². The summed E-state index contributed by atoms with van der Waals surface area (Å²) in [4.78, 5) is 28.2. The molecule has 0 aliphatic heterocycles. The summed E-state index contributed by atoms with van der Waals surface area (Å²) >= 11 is 1.42. The number of nitrogens with zero attached hydrogens (tertiary/aromatic N) is 5. The van der Waals surface area contributed by atoms with E-state index in [9.17, 15) is 9.59 Å². The highest BCUT2D eigenvalue weighted by Gasteiger charge is 2.16. The smallest absolute Gasteiger partial charge is 0.258 e. The Labute approximate surface area is 175 Å². The SMILES string of the molecule is Cc1cccn2c(=O)cc(CSc3nnc(CCC(N)=O)n3Cc3ccco3)nc12. The fourth-order valence-electron chi connectivity index (χ4n) is 3.08. The van der Waals surface area contributed by atoms with Gasteiger partial charge in [0.15, 0.2) is 5.16 Å². The van der Waals surface area contributed by atoms with E-state index in [0.29, 0.717) is 41.0 Å². The summed E-state index contributed by atoms with van der Waals surface area (Å²) < 4.78 is 8.88. The molecule has 0 atom stereocenters. The van der Waals surface area contributed by atoms with Gasteiger partial charge in [0.1, 0.15) is 17.2 Å². The van der Waals surface area contributed by atoms with Gasteiger partial charge >= 0.3 is 0 Å². The lowest BCUT2D eigenvalue weighted by Gasteiger charge is -2.09. The van der Waals surface area contributed by atoms with Crippen molar-refractivity contribution in [2.24, 2.45) is 5.73 Å². The highest BCUT2D eigenvalue weighted by atomic mass is 32.2.